The van der Waals surface area contributed by atoms with E-state index in [4.69, 9.17) is 9.47 Å². The number of hydrogen-bond donors (Lipinski definition) is 1. The lowest BCUT2D eigenvalue weighted by Crippen LogP contribution is -2.67. The van der Waals surface area contributed by atoms with Crippen molar-refractivity contribution in [2.45, 2.75) is 76.0 Å². The minimum atomic E-state index is -0.738. The summed E-state index contributed by atoms with van der Waals surface area (Å²) in [6.07, 6.45) is 5.36. The number of ether oxygens (including phenoxy) is 2. The van der Waals surface area contributed by atoms with Crippen LogP contribution in [0.4, 0.5) is 0 Å². The Balaban J connectivity index is 1.84. The first kappa shape index (κ1) is 17.7. The normalized spacial score (nSPS) is 31.9. The highest BCUT2D eigenvalue weighted by Gasteiger charge is 2.51. The molecule has 0 bridgehead atoms. The Morgan fingerprint density at radius 1 is 1.04 bits per heavy atom. The average Bonchev–Trinajstić information content (AvgIpc) is 2.92. The minimum Gasteiger partial charge on any atom is -0.378 e. The van der Waals surface area contributed by atoms with E-state index in [-0.39, 0.29) is 11.8 Å². The molecule has 1 spiro atoms. The van der Waals surface area contributed by atoms with E-state index in [2.05, 4.69) is 5.32 Å². The number of carbonyl (C=O) groups is 2. The van der Waals surface area contributed by atoms with E-state index in [1.165, 1.54) is 6.92 Å². The zero-order valence-corrected chi connectivity index (χ0v) is 15.2. The Bertz CT molecular complexity index is 505. The third-order valence-corrected chi connectivity index (χ3v) is 5.43. The molecule has 0 radical (unpaired) electrons. The summed E-state index contributed by atoms with van der Waals surface area (Å²) in [4.78, 5) is 27.1. The molecule has 3 fully saturated rings. The van der Waals surface area contributed by atoms with Gasteiger partial charge in [0, 0.05) is 26.5 Å². The predicted octanol–water partition coefficient (Wildman–Crippen LogP) is 1.62. The summed E-state index contributed by atoms with van der Waals surface area (Å²) in [6.45, 7) is 7.86. The van der Waals surface area contributed by atoms with Gasteiger partial charge < -0.3 is 19.7 Å². The fourth-order valence-electron chi connectivity index (χ4n) is 4.64. The molecule has 3 aliphatic rings. The van der Waals surface area contributed by atoms with Gasteiger partial charge in [0.05, 0.1) is 18.8 Å². The largest absolute Gasteiger partial charge is 0.378 e. The smallest absolute Gasteiger partial charge is 0.248 e. The second-order valence-corrected chi connectivity index (χ2v) is 8.33. The van der Waals surface area contributed by atoms with E-state index >= 15 is 0 Å². The van der Waals surface area contributed by atoms with Crippen LogP contribution in [0.15, 0.2) is 0 Å². The Hall–Kier alpha value is -1.14. The SMILES string of the molecule is CC(=O)NC1(C(=O)N2CC(C)(C)OC3(CCOC3)C2)CCCCC1. The van der Waals surface area contributed by atoms with Crippen LogP contribution in [0, 0.1) is 0 Å². The molecule has 3 rings (SSSR count). The molecule has 2 saturated heterocycles. The van der Waals surface area contributed by atoms with Crippen molar-refractivity contribution >= 4 is 11.8 Å². The van der Waals surface area contributed by atoms with Gasteiger partial charge in [-0.1, -0.05) is 19.3 Å². The minimum absolute atomic E-state index is 0.0556. The average molecular weight is 338 g/mol. The molecule has 1 saturated carbocycles. The summed E-state index contributed by atoms with van der Waals surface area (Å²) in [5.41, 5.74) is -1.55. The number of nitrogens with one attached hydrogen (secondary N) is 1. The van der Waals surface area contributed by atoms with Crippen LogP contribution in [-0.4, -0.2) is 59.8 Å². The fourth-order valence-corrected chi connectivity index (χ4v) is 4.64. The third kappa shape index (κ3) is 3.45. The molecule has 2 amide bonds. The second-order valence-electron chi connectivity index (χ2n) is 8.33. The van der Waals surface area contributed by atoms with Crippen molar-refractivity contribution in [2.75, 3.05) is 26.3 Å². The van der Waals surface area contributed by atoms with Crippen LogP contribution in [0.1, 0.15) is 59.3 Å². The van der Waals surface area contributed by atoms with E-state index in [0.717, 1.165) is 38.5 Å². The molecule has 0 aromatic rings. The number of nitrogens with zero attached hydrogens (tertiary/aromatic N) is 1. The molecule has 0 aromatic heterocycles. The monoisotopic (exact) mass is 338 g/mol. The van der Waals surface area contributed by atoms with Crippen molar-refractivity contribution in [3.63, 3.8) is 0 Å². The van der Waals surface area contributed by atoms with E-state index in [9.17, 15) is 9.59 Å². The molecule has 1 atom stereocenters. The lowest BCUT2D eigenvalue weighted by atomic mass is 9.79. The van der Waals surface area contributed by atoms with Crippen molar-refractivity contribution in [2.24, 2.45) is 0 Å². The van der Waals surface area contributed by atoms with Gasteiger partial charge in [-0.15, -0.1) is 0 Å². The fraction of sp³-hybridized carbons (Fsp3) is 0.889. The van der Waals surface area contributed by atoms with Crippen molar-refractivity contribution in [3.05, 3.63) is 0 Å². The first-order valence-corrected chi connectivity index (χ1v) is 9.12. The van der Waals surface area contributed by atoms with Gasteiger partial charge in [0.15, 0.2) is 0 Å². The lowest BCUT2D eigenvalue weighted by molar-refractivity contribution is -0.202. The van der Waals surface area contributed by atoms with Crippen LogP contribution in [0.2, 0.25) is 0 Å². The zero-order valence-electron chi connectivity index (χ0n) is 15.2. The lowest BCUT2D eigenvalue weighted by Gasteiger charge is -2.50. The van der Waals surface area contributed by atoms with E-state index in [1.54, 1.807) is 0 Å². The van der Waals surface area contributed by atoms with E-state index in [0.29, 0.717) is 26.3 Å². The Morgan fingerprint density at radius 2 is 1.75 bits per heavy atom. The molecule has 2 aliphatic heterocycles. The Labute approximate surface area is 144 Å². The predicted molar refractivity (Wildman–Crippen MR) is 89.5 cm³/mol. The van der Waals surface area contributed by atoms with Gasteiger partial charge in [-0.2, -0.15) is 0 Å². The maximum atomic E-state index is 13.5. The molecule has 2 heterocycles. The van der Waals surface area contributed by atoms with Crippen LogP contribution < -0.4 is 5.32 Å². The quantitative estimate of drug-likeness (QED) is 0.831. The van der Waals surface area contributed by atoms with Crippen molar-refractivity contribution < 1.29 is 19.1 Å². The molecule has 24 heavy (non-hydrogen) atoms. The molecule has 0 aromatic carbocycles. The van der Waals surface area contributed by atoms with E-state index in [1.807, 2.05) is 18.7 Å². The van der Waals surface area contributed by atoms with Gasteiger partial charge in [-0.3, -0.25) is 9.59 Å². The Morgan fingerprint density at radius 3 is 2.33 bits per heavy atom. The van der Waals surface area contributed by atoms with Crippen molar-refractivity contribution in [1.82, 2.24) is 10.2 Å². The number of hydrogen-bond acceptors (Lipinski definition) is 4. The first-order valence-electron chi connectivity index (χ1n) is 9.12. The van der Waals surface area contributed by atoms with Gasteiger partial charge in [0.1, 0.15) is 11.1 Å². The van der Waals surface area contributed by atoms with Crippen molar-refractivity contribution in [3.8, 4) is 0 Å². The molecule has 1 N–H and O–H groups in total. The summed E-state index contributed by atoms with van der Waals surface area (Å²) in [5.74, 6) is -0.0725. The molecule has 6 heteroatoms. The molecule has 6 nitrogen and oxygen atoms in total. The van der Waals surface area contributed by atoms with E-state index < -0.39 is 16.7 Å². The highest BCUT2D eigenvalue weighted by atomic mass is 16.6. The number of amides is 2. The van der Waals surface area contributed by atoms with Crippen LogP contribution >= 0.6 is 0 Å². The summed E-state index contributed by atoms with van der Waals surface area (Å²) in [7, 11) is 0. The number of morpholine rings is 1. The maximum absolute atomic E-state index is 13.5. The summed E-state index contributed by atoms with van der Waals surface area (Å²) in [5, 5.41) is 3.00. The first-order chi connectivity index (χ1) is 11.3. The number of rotatable bonds is 2. The van der Waals surface area contributed by atoms with Crippen molar-refractivity contribution in [1.29, 1.82) is 0 Å². The topological polar surface area (TPSA) is 67.9 Å². The highest BCUT2D eigenvalue weighted by Crippen LogP contribution is 2.37. The van der Waals surface area contributed by atoms with Gasteiger partial charge in [-0.05, 0) is 26.7 Å². The zero-order chi connectivity index (χ0) is 17.4. The molecule has 136 valence electrons. The Kier molecular flexibility index (Phi) is 4.64. The van der Waals surface area contributed by atoms with Crippen LogP contribution in [0.25, 0.3) is 0 Å². The second kappa shape index (κ2) is 6.30. The number of carbonyl (C=O) groups excluding carboxylic acids is 2. The molecule has 1 unspecified atom stereocenters. The maximum Gasteiger partial charge on any atom is 0.248 e. The summed E-state index contributed by atoms with van der Waals surface area (Å²) >= 11 is 0. The summed E-state index contributed by atoms with van der Waals surface area (Å²) < 4.78 is 11.9. The van der Waals surface area contributed by atoms with Gasteiger partial charge in [0.25, 0.3) is 0 Å². The van der Waals surface area contributed by atoms with Gasteiger partial charge in [-0.25, -0.2) is 0 Å². The molecule has 1 aliphatic carbocycles. The highest BCUT2D eigenvalue weighted by molar-refractivity contribution is 5.91. The van der Waals surface area contributed by atoms with Crippen LogP contribution in [0.5, 0.6) is 0 Å². The summed E-state index contributed by atoms with van der Waals surface area (Å²) in [6, 6.07) is 0. The van der Waals surface area contributed by atoms with Gasteiger partial charge >= 0.3 is 0 Å². The molecular weight excluding hydrogens is 308 g/mol. The van der Waals surface area contributed by atoms with Crippen LogP contribution in [0.3, 0.4) is 0 Å². The standard InChI is InChI=1S/C18H30N2O4/c1-14(21)19-18(7-5-4-6-8-18)15(22)20-11-16(2,3)24-17(12-20)9-10-23-13-17/h4-13H2,1-3H3,(H,19,21). The van der Waals surface area contributed by atoms with Gasteiger partial charge in [0.2, 0.25) is 11.8 Å². The molecular formula is C18H30N2O4. The third-order valence-electron chi connectivity index (χ3n) is 5.43. The van der Waals surface area contributed by atoms with Crippen LogP contribution in [-0.2, 0) is 19.1 Å².